The third-order valence-corrected chi connectivity index (χ3v) is 5.44. The van der Waals surface area contributed by atoms with Crippen LogP contribution in [0.3, 0.4) is 0 Å². The molecule has 3 rings (SSSR count). The van der Waals surface area contributed by atoms with Gasteiger partial charge in [0, 0.05) is 5.56 Å². The zero-order valence-corrected chi connectivity index (χ0v) is 13.7. The summed E-state index contributed by atoms with van der Waals surface area (Å²) in [6, 6.07) is 12.2. The van der Waals surface area contributed by atoms with Crippen molar-refractivity contribution < 1.29 is 12.8 Å². The molecule has 8 heteroatoms. The molecule has 1 N–H and O–H groups in total. The Morgan fingerprint density at radius 2 is 1.65 bits per heavy atom. The Hall–Kier alpha value is -2.32. The lowest BCUT2D eigenvalue weighted by atomic mass is 10.2. The highest BCUT2D eigenvalue weighted by Crippen LogP contribution is 2.27. The van der Waals surface area contributed by atoms with Crippen molar-refractivity contribution in [2.75, 3.05) is 4.72 Å². The molecule has 0 aliphatic rings. The number of anilines is 1. The van der Waals surface area contributed by atoms with Crippen molar-refractivity contribution in [1.82, 2.24) is 10.2 Å². The molecule has 0 unspecified atom stereocenters. The summed E-state index contributed by atoms with van der Waals surface area (Å²) in [5.74, 6) is -0.499. The van der Waals surface area contributed by atoms with Crippen molar-refractivity contribution >= 4 is 26.5 Å². The molecule has 0 fully saturated rings. The van der Waals surface area contributed by atoms with Crippen LogP contribution in [0.1, 0.15) is 5.56 Å². The van der Waals surface area contributed by atoms with Gasteiger partial charge in [-0.25, -0.2) is 12.8 Å². The molecule has 0 spiro atoms. The smallest absolute Gasteiger partial charge is 0.253 e. The molecule has 118 valence electrons. The number of hydrogen-bond donors (Lipinski definition) is 1. The van der Waals surface area contributed by atoms with Crippen molar-refractivity contribution in [3.8, 4) is 10.6 Å². The number of hydrogen-bond acceptors (Lipinski definition) is 5. The molecule has 2 aromatic carbocycles. The zero-order valence-electron chi connectivity index (χ0n) is 12.0. The molecule has 0 aliphatic carbocycles. The summed E-state index contributed by atoms with van der Waals surface area (Å²) in [6.07, 6.45) is 0. The summed E-state index contributed by atoms with van der Waals surface area (Å²) in [5, 5.41) is 8.61. The first-order valence-corrected chi connectivity index (χ1v) is 8.93. The van der Waals surface area contributed by atoms with Crippen LogP contribution in [-0.2, 0) is 10.0 Å². The lowest BCUT2D eigenvalue weighted by molar-refractivity contribution is 0.599. The van der Waals surface area contributed by atoms with Gasteiger partial charge in [-0.15, -0.1) is 10.2 Å². The normalized spacial score (nSPS) is 11.4. The second kappa shape index (κ2) is 6.05. The second-order valence-electron chi connectivity index (χ2n) is 4.84. The predicted octanol–water partition coefficient (Wildman–Crippen LogP) is 3.45. The maximum absolute atomic E-state index is 12.9. The quantitative estimate of drug-likeness (QED) is 0.783. The first-order valence-electron chi connectivity index (χ1n) is 6.63. The Kier molecular flexibility index (Phi) is 4.10. The van der Waals surface area contributed by atoms with Gasteiger partial charge in [0.15, 0.2) is 0 Å². The van der Waals surface area contributed by atoms with Crippen LogP contribution in [0.2, 0.25) is 0 Å². The van der Waals surface area contributed by atoms with Crippen LogP contribution in [0, 0.1) is 12.7 Å². The van der Waals surface area contributed by atoms with Gasteiger partial charge in [-0.2, -0.15) is 0 Å². The van der Waals surface area contributed by atoms with Gasteiger partial charge in [-0.1, -0.05) is 41.2 Å². The van der Waals surface area contributed by atoms with Gasteiger partial charge in [0.05, 0.1) is 4.90 Å². The lowest BCUT2D eigenvalue weighted by Gasteiger charge is -2.04. The molecule has 3 aromatic rings. The molecule has 0 atom stereocenters. The largest absolute Gasteiger partial charge is 0.263 e. The maximum Gasteiger partial charge on any atom is 0.263 e. The molecule has 23 heavy (non-hydrogen) atoms. The molecule has 5 nitrogen and oxygen atoms in total. The van der Waals surface area contributed by atoms with Gasteiger partial charge in [0.1, 0.15) is 10.8 Å². The van der Waals surface area contributed by atoms with Crippen LogP contribution in [0.4, 0.5) is 9.52 Å². The van der Waals surface area contributed by atoms with E-state index in [1.165, 1.54) is 12.1 Å². The van der Waals surface area contributed by atoms with Crippen LogP contribution in [0.25, 0.3) is 10.6 Å². The van der Waals surface area contributed by atoms with Crippen molar-refractivity contribution in [2.45, 2.75) is 11.8 Å². The highest BCUT2D eigenvalue weighted by molar-refractivity contribution is 7.93. The van der Waals surface area contributed by atoms with E-state index in [1.807, 2.05) is 31.2 Å². The Morgan fingerprint density at radius 1 is 1.00 bits per heavy atom. The average Bonchev–Trinajstić information content (AvgIpc) is 2.96. The van der Waals surface area contributed by atoms with E-state index < -0.39 is 15.8 Å². The fourth-order valence-corrected chi connectivity index (χ4v) is 3.84. The number of sulfonamides is 1. The molecule has 0 aliphatic heterocycles. The van der Waals surface area contributed by atoms with Gasteiger partial charge < -0.3 is 0 Å². The van der Waals surface area contributed by atoms with E-state index >= 15 is 0 Å². The number of benzene rings is 2. The molecule has 0 radical (unpaired) electrons. The molecule has 0 saturated carbocycles. The number of aromatic nitrogens is 2. The summed E-state index contributed by atoms with van der Waals surface area (Å²) in [6.45, 7) is 1.98. The fraction of sp³-hybridized carbons (Fsp3) is 0.0667. The van der Waals surface area contributed by atoms with E-state index in [0.717, 1.165) is 34.6 Å². The average molecular weight is 349 g/mol. The Labute approximate surface area is 136 Å². The summed E-state index contributed by atoms with van der Waals surface area (Å²) in [4.78, 5) is -0.0361. The maximum atomic E-state index is 12.9. The number of nitrogens with zero attached hydrogens (tertiary/aromatic N) is 2. The minimum Gasteiger partial charge on any atom is -0.253 e. The molecule has 0 bridgehead atoms. The fourth-order valence-electron chi connectivity index (χ4n) is 1.86. The Morgan fingerprint density at radius 3 is 2.30 bits per heavy atom. The third kappa shape index (κ3) is 3.54. The minimum atomic E-state index is -3.81. The predicted molar refractivity (Wildman–Crippen MR) is 87.3 cm³/mol. The van der Waals surface area contributed by atoms with Gasteiger partial charge in [0.2, 0.25) is 5.13 Å². The molecular weight excluding hydrogens is 337 g/mol. The first-order chi connectivity index (χ1) is 10.9. The lowest BCUT2D eigenvalue weighted by Crippen LogP contribution is -2.12. The van der Waals surface area contributed by atoms with Gasteiger partial charge >= 0.3 is 0 Å². The topological polar surface area (TPSA) is 72.0 Å². The monoisotopic (exact) mass is 349 g/mol. The van der Waals surface area contributed by atoms with Crippen LogP contribution in [-0.4, -0.2) is 18.6 Å². The van der Waals surface area contributed by atoms with Crippen LogP contribution in [0.5, 0.6) is 0 Å². The van der Waals surface area contributed by atoms with Crippen molar-refractivity contribution in [3.05, 3.63) is 59.9 Å². The number of halogens is 1. The number of aryl methyl sites for hydroxylation is 1. The minimum absolute atomic E-state index is 0.0361. The zero-order chi connectivity index (χ0) is 16.4. The standard InChI is InChI=1S/C15H12FN3O2S2/c1-10-2-4-11(5-3-10)14-17-18-15(22-14)19-23(20,21)13-8-6-12(16)7-9-13/h2-9H,1H3,(H,18,19). The molecule has 0 saturated heterocycles. The van der Waals surface area contributed by atoms with Crippen molar-refractivity contribution in [3.63, 3.8) is 0 Å². The summed E-state index contributed by atoms with van der Waals surface area (Å²) < 4.78 is 39.7. The van der Waals surface area contributed by atoms with E-state index in [9.17, 15) is 12.8 Å². The summed E-state index contributed by atoms with van der Waals surface area (Å²) in [7, 11) is -3.81. The van der Waals surface area contributed by atoms with Crippen LogP contribution < -0.4 is 4.72 Å². The van der Waals surface area contributed by atoms with E-state index in [-0.39, 0.29) is 10.0 Å². The van der Waals surface area contributed by atoms with Crippen molar-refractivity contribution in [1.29, 1.82) is 0 Å². The van der Waals surface area contributed by atoms with Crippen LogP contribution in [0.15, 0.2) is 53.4 Å². The highest BCUT2D eigenvalue weighted by Gasteiger charge is 2.17. The van der Waals surface area contributed by atoms with E-state index in [2.05, 4.69) is 14.9 Å². The molecule has 1 aromatic heterocycles. The van der Waals surface area contributed by atoms with Gasteiger partial charge in [-0.3, -0.25) is 4.72 Å². The van der Waals surface area contributed by atoms with Crippen LogP contribution >= 0.6 is 11.3 Å². The van der Waals surface area contributed by atoms with E-state index in [4.69, 9.17) is 0 Å². The Bertz CT molecular complexity index is 920. The number of nitrogens with one attached hydrogen (secondary N) is 1. The molecular formula is C15H12FN3O2S2. The second-order valence-corrected chi connectivity index (χ2v) is 7.50. The SMILES string of the molecule is Cc1ccc(-c2nnc(NS(=O)(=O)c3ccc(F)cc3)s2)cc1. The Balaban J connectivity index is 1.83. The number of rotatable bonds is 4. The third-order valence-electron chi connectivity index (χ3n) is 3.07. The molecule has 0 amide bonds. The first kappa shape index (κ1) is 15.6. The summed E-state index contributed by atoms with van der Waals surface area (Å²) >= 11 is 1.13. The summed E-state index contributed by atoms with van der Waals surface area (Å²) in [5.41, 5.74) is 1.98. The van der Waals surface area contributed by atoms with Gasteiger partial charge in [-0.05, 0) is 31.2 Å². The van der Waals surface area contributed by atoms with E-state index in [0.29, 0.717) is 5.01 Å². The molecule has 1 heterocycles. The van der Waals surface area contributed by atoms with Crippen molar-refractivity contribution in [2.24, 2.45) is 0 Å². The van der Waals surface area contributed by atoms with Gasteiger partial charge in [0.25, 0.3) is 10.0 Å². The van der Waals surface area contributed by atoms with E-state index in [1.54, 1.807) is 0 Å². The highest BCUT2D eigenvalue weighted by atomic mass is 32.2.